The minimum absolute atomic E-state index is 0.128. The number of rotatable bonds is 6. The topological polar surface area (TPSA) is 87.2 Å². The molecule has 6 nitrogen and oxygen atoms in total. The molecule has 0 unspecified atom stereocenters. The Labute approximate surface area is 190 Å². The molecule has 1 aliphatic carbocycles. The zero-order chi connectivity index (χ0) is 22.7. The van der Waals surface area contributed by atoms with E-state index in [0.29, 0.717) is 29.1 Å². The first kappa shape index (κ1) is 21.4. The second-order valence-corrected chi connectivity index (χ2v) is 7.29. The molecule has 2 N–H and O–H groups in total. The average molecular weight is 444 g/mol. The normalized spacial score (nSPS) is 11.5. The van der Waals surface area contributed by atoms with Crippen LogP contribution in [0.25, 0.3) is 33.4 Å². The third-order valence-electron chi connectivity index (χ3n) is 5.10. The first-order valence-corrected chi connectivity index (χ1v) is 10.7. The number of hydrogen-bond acceptors (Lipinski definition) is 6. The van der Waals surface area contributed by atoms with Gasteiger partial charge >= 0.3 is 5.97 Å². The summed E-state index contributed by atoms with van der Waals surface area (Å²) in [7, 11) is 0. The lowest BCUT2D eigenvalue weighted by molar-refractivity contribution is 0.0697. The molecule has 0 aromatic heterocycles. The minimum Gasteiger partial charge on any atom is -0.478 e. The fraction of sp³-hybridized carbons (Fsp3) is 0.160. The molecule has 0 saturated heterocycles. The number of nitrogens with zero attached hydrogens (tertiary/aromatic N) is 2. The van der Waals surface area contributed by atoms with Crippen LogP contribution >= 0.6 is 12.2 Å². The van der Waals surface area contributed by atoms with E-state index in [1.807, 2.05) is 50.2 Å². The zero-order valence-electron chi connectivity index (χ0n) is 17.7. The van der Waals surface area contributed by atoms with Gasteiger partial charge in [0.05, 0.1) is 21.8 Å². The quantitative estimate of drug-likeness (QED) is 0.217. The second kappa shape index (κ2) is 9.14. The van der Waals surface area contributed by atoms with Crippen LogP contribution in [0.1, 0.15) is 24.2 Å². The van der Waals surface area contributed by atoms with Gasteiger partial charge in [-0.25, -0.2) is 4.79 Å². The highest BCUT2D eigenvalue weighted by atomic mass is 32.1. The van der Waals surface area contributed by atoms with Gasteiger partial charge in [-0.3, -0.25) is 4.99 Å². The second-order valence-electron chi connectivity index (χ2n) is 7.11. The molecule has 0 fully saturated rings. The summed E-state index contributed by atoms with van der Waals surface area (Å²) in [4.78, 5) is 20.6. The number of anilines is 1. The highest BCUT2D eigenvalue weighted by Gasteiger charge is 2.22. The Morgan fingerprint density at radius 2 is 1.91 bits per heavy atom. The number of carbonyl (C=O) groups is 1. The van der Waals surface area contributed by atoms with E-state index in [1.165, 1.54) is 6.07 Å². The largest absolute Gasteiger partial charge is 0.478 e. The van der Waals surface area contributed by atoms with Gasteiger partial charge in [-0.1, -0.05) is 6.07 Å². The monoisotopic (exact) mass is 443 g/mol. The van der Waals surface area contributed by atoms with Crippen molar-refractivity contribution >= 4 is 45.7 Å². The summed E-state index contributed by atoms with van der Waals surface area (Å²) in [5.41, 5.74) is 4.30. The number of isothiocyanates is 1. The van der Waals surface area contributed by atoms with Crippen molar-refractivity contribution in [3.8, 4) is 22.5 Å². The average Bonchev–Trinajstić information content (AvgIpc) is 2.78. The van der Waals surface area contributed by atoms with Gasteiger partial charge < -0.3 is 14.8 Å². The highest BCUT2D eigenvalue weighted by molar-refractivity contribution is 7.78. The number of carboxylic acid groups (broad SMARTS) is 1. The van der Waals surface area contributed by atoms with E-state index in [9.17, 15) is 9.90 Å². The third kappa shape index (κ3) is 4.04. The summed E-state index contributed by atoms with van der Waals surface area (Å²) < 4.78 is 6.26. The molecule has 1 heterocycles. The molecule has 2 aromatic rings. The van der Waals surface area contributed by atoms with Crippen LogP contribution in [0.3, 0.4) is 0 Å². The molecule has 1 aliphatic heterocycles. The van der Waals surface area contributed by atoms with E-state index in [0.717, 1.165) is 34.1 Å². The number of thiocarbonyl (C=S) groups is 1. The van der Waals surface area contributed by atoms with Crippen molar-refractivity contribution in [2.45, 2.75) is 13.8 Å². The van der Waals surface area contributed by atoms with Crippen molar-refractivity contribution in [3.63, 3.8) is 0 Å². The molecule has 2 aromatic carbocycles. The Kier molecular flexibility index (Phi) is 6.12. The Hall–Kier alpha value is -3.80. The van der Waals surface area contributed by atoms with Gasteiger partial charge in [0.25, 0.3) is 0 Å². The number of nitrogens with one attached hydrogen (secondary N) is 1. The van der Waals surface area contributed by atoms with Crippen LogP contribution in [-0.4, -0.2) is 29.3 Å². The molecule has 0 amide bonds. The molecule has 0 bridgehead atoms. The first-order valence-electron chi connectivity index (χ1n) is 10.3. The third-order valence-corrected chi connectivity index (χ3v) is 5.20. The van der Waals surface area contributed by atoms with E-state index >= 15 is 0 Å². The van der Waals surface area contributed by atoms with Crippen LogP contribution in [0, 0.1) is 0 Å². The van der Waals surface area contributed by atoms with E-state index < -0.39 is 5.97 Å². The molecule has 7 heteroatoms. The summed E-state index contributed by atoms with van der Waals surface area (Å²) in [6.07, 6.45) is 0. The fourth-order valence-corrected chi connectivity index (χ4v) is 3.92. The predicted molar refractivity (Wildman–Crippen MR) is 130 cm³/mol. The van der Waals surface area contributed by atoms with Crippen molar-refractivity contribution in [2.75, 3.05) is 18.4 Å². The van der Waals surface area contributed by atoms with E-state index in [1.54, 1.807) is 12.1 Å². The van der Waals surface area contributed by atoms with Crippen molar-refractivity contribution < 1.29 is 14.3 Å². The van der Waals surface area contributed by atoms with Crippen LogP contribution in [0.5, 0.6) is 0 Å². The Morgan fingerprint density at radius 1 is 1.09 bits per heavy atom. The Balaban J connectivity index is 2.12. The summed E-state index contributed by atoms with van der Waals surface area (Å²) in [5.74, 6) is -0.418. The first-order chi connectivity index (χ1) is 15.5. The Bertz CT molecular complexity index is 1420. The summed E-state index contributed by atoms with van der Waals surface area (Å²) >= 11 is 4.67. The maximum atomic E-state index is 12.2. The lowest BCUT2D eigenvalue weighted by atomic mass is 9.90. The van der Waals surface area contributed by atoms with Gasteiger partial charge in [0.2, 0.25) is 0 Å². The van der Waals surface area contributed by atoms with Crippen molar-refractivity contribution in [1.82, 2.24) is 0 Å². The molecular weight excluding hydrogens is 422 g/mol. The van der Waals surface area contributed by atoms with E-state index in [-0.39, 0.29) is 5.56 Å². The van der Waals surface area contributed by atoms with Crippen LogP contribution in [0.15, 0.2) is 69.0 Å². The fourth-order valence-electron chi connectivity index (χ4n) is 3.81. The molecule has 4 rings (SSSR count). The van der Waals surface area contributed by atoms with Gasteiger partial charge in [0, 0.05) is 47.4 Å². The Morgan fingerprint density at radius 3 is 2.62 bits per heavy atom. The van der Waals surface area contributed by atoms with Crippen LogP contribution in [-0.2, 0) is 0 Å². The maximum absolute atomic E-state index is 12.2. The molecule has 0 saturated carbocycles. The molecule has 2 aliphatic rings. The van der Waals surface area contributed by atoms with Gasteiger partial charge in [0.1, 0.15) is 11.3 Å². The standard InChI is InChI=1S/C25H21N3O3S/c1-3-26-16-6-9-19-22(12-16)31-23-13-17(27-4-2)7-10-20(23)24(19)18-8-5-15(28-14-32)11-21(18)25(29)30/h5-13,26H,3-4H2,1-2H3,(H,29,30). The molecular formula is C25H21N3O3S. The lowest BCUT2D eigenvalue weighted by Gasteiger charge is -2.17. The smallest absolute Gasteiger partial charge is 0.336 e. The van der Waals surface area contributed by atoms with Gasteiger partial charge in [0.15, 0.2) is 0 Å². The molecule has 32 heavy (non-hydrogen) atoms. The number of carboxylic acids is 1. The number of hydrogen-bond donors (Lipinski definition) is 2. The highest BCUT2D eigenvalue weighted by Crippen LogP contribution is 2.42. The number of aromatic carboxylic acids is 1. The summed E-state index contributed by atoms with van der Waals surface area (Å²) in [6.45, 7) is 5.42. The maximum Gasteiger partial charge on any atom is 0.336 e. The van der Waals surface area contributed by atoms with Crippen molar-refractivity contribution in [1.29, 1.82) is 0 Å². The SMILES string of the molecule is CCN=c1ccc2c(-c3ccc(N=C=S)cc3C(=O)O)c3ccc(NCC)cc3oc-2c1. The number of benzene rings is 3. The zero-order valence-corrected chi connectivity index (χ0v) is 18.5. The number of aliphatic imine (C=N–C) groups is 1. The van der Waals surface area contributed by atoms with Gasteiger partial charge in [-0.2, -0.15) is 4.99 Å². The van der Waals surface area contributed by atoms with Gasteiger partial charge in [-0.05, 0) is 68.0 Å². The van der Waals surface area contributed by atoms with E-state index in [4.69, 9.17) is 4.42 Å². The van der Waals surface area contributed by atoms with Crippen molar-refractivity contribution in [3.05, 3.63) is 65.5 Å². The van der Waals surface area contributed by atoms with Crippen LogP contribution in [0.4, 0.5) is 11.4 Å². The summed E-state index contributed by atoms with van der Waals surface area (Å²) in [6, 6.07) is 16.6. The molecule has 160 valence electrons. The molecule has 0 atom stereocenters. The minimum atomic E-state index is -1.05. The van der Waals surface area contributed by atoms with Crippen LogP contribution in [0.2, 0.25) is 0 Å². The van der Waals surface area contributed by atoms with E-state index in [2.05, 4.69) is 32.7 Å². The van der Waals surface area contributed by atoms with Crippen LogP contribution < -0.4 is 10.7 Å². The summed E-state index contributed by atoms with van der Waals surface area (Å²) in [5, 5.41) is 17.2. The number of fused-ring (bicyclic) bond motifs is 2. The lowest BCUT2D eigenvalue weighted by Crippen LogP contribution is -2.05. The van der Waals surface area contributed by atoms with Gasteiger partial charge in [-0.15, -0.1) is 0 Å². The van der Waals surface area contributed by atoms with Crippen molar-refractivity contribution in [2.24, 2.45) is 9.98 Å². The predicted octanol–water partition coefficient (Wildman–Crippen LogP) is 5.99. The molecule has 0 radical (unpaired) electrons. The molecule has 0 spiro atoms.